The number of benzene rings is 2. The molecule has 2 saturated heterocycles. The predicted molar refractivity (Wildman–Crippen MR) is 128 cm³/mol. The van der Waals surface area contributed by atoms with Crippen LogP contribution in [-0.4, -0.2) is 37.3 Å². The van der Waals surface area contributed by atoms with Crippen LogP contribution in [0.1, 0.15) is 37.7 Å². The largest absolute Gasteiger partial charge is 0.497 e. The van der Waals surface area contributed by atoms with Gasteiger partial charge in [-0.25, -0.2) is 4.90 Å². The lowest BCUT2D eigenvalue weighted by Crippen LogP contribution is -2.31. The highest BCUT2D eigenvalue weighted by Gasteiger charge is 2.49. The van der Waals surface area contributed by atoms with E-state index in [1.54, 1.807) is 61.4 Å². The van der Waals surface area contributed by atoms with Crippen LogP contribution in [0.4, 0.5) is 11.4 Å². The molecule has 1 saturated carbocycles. The molecule has 0 N–H and O–H groups in total. The summed E-state index contributed by atoms with van der Waals surface area (Å²) in [6, 6.07) is 12.0. The number of nitrogens with zero attached hydrogens (tertiary/aromatic N) is 2. The summed E-state index contributed by atoms with van der Waals surface area (Å²) in [5, 5.41) is 0. The van der Waals surface area contributed by atoms with Gasteiger partial charge in [0.05, 0.1) is 30.6 Å². The maximum Gasteiger partial charge on any atom is 0.316 e. The Kier molecular flexibility index (Phi) is 6.05. The lowest BCUT2D eigenvalue weighted by molar-refractivity contribution is -0.139. The minimum atomic E-state index is -0.588. The first kappa shape index (κ1) is 23.1. The number of imide groups is 1. The summed E-state index contributed by atoms with van der Waals surface area (Å²) < 4.78 is 10.7. The molecule has 3 fully saturated rings. The number of methoxy groups -OCH3 is 1. The molecule has 2 aromatic carbocycles. The van der Waals surface area contributed by atoms with Gasteiger partial charge in [-0.3, -0.25) is 19.2 Å². The lowest BCUT2D eigenvalue weighted by atomic mass is 9.81. The van der Waals surface area contributed by atoms with Crippen LogP contribution in [0.25, 0.3) is 0 Å². The Balaban J connectivity index is 1.26. The van der Waals surface area contributed by atoms with E-state index in [1.807, 2.05) is 0 Å². The second-order valence-corrected chi connectivity index (χ2v) is 9.48. The van der Waals surface area contributed by atoms with Crippen molar-refractivity contribution >= 4 is 35.1 Å². The van der Waals surface area contributed by atoms with Gasteiger partial charge < -0.3 is 14.4 Å². The Morgan fingerprint density at radius 1 is 0.914 bits per heavy atom. The number of anilines is 2. The van der Waals surface area contributed by atoms with E-state index in [0.29, 0.717) is 28.4 Å². The van der Waals surface area contributed by atoms with Crippen LogP contribution in [0.5, 0.6) is 11.5 Å². The third-order valence-corrected chi connectivity index (χ3v) is 7.31. The van der Waals surface area contributed by atoms with E-state index in [2.05, 4.69) is 0 Å². The first-order valence-corrected chi connectivity index (χ1v) is 12.0. The van der Waals surface area contributed by atoms with Crippen molar-refractivity contribution in [2.75, 3.05) is 23.5 Å². The minimum Gasteiger partial charge on any atom is -0.497 e. The molecular formula is C27H28N2O6. The molecule has 35 heavy (non-hydrogen) atoms. The standard InChI is InChI=1S/C27H28N2O6/c1-16-13-20(11-12-23(16)29-25(31)21-5-3-4-6-22(21)26(29)32)35-27(33)17-14-24(30)28(15-17)18-7-9-19(34-2)10-8-18/h7-13,17,21-22H,3-6,14-15H2,1-2H3/t17-,21-,22-/m0/s1. The Bertz CT molecular complexity index is 1170. The molecule has 0 spiro atoms. The minimum absolute atomic E-state index is 0.0709. The fourth-order valence-electron chi connectivity index (χ4n) is 5.42. The summed E-state index contributed by atoms with van der Waals surface area (Å²) in [6.45, 7) is 2.03. The summed E-state index contributed by atoms with van der Waals surface area (Å²) in [5.74, 6) is -0.907. The Labute approximate surface area is 203 Å². The number of carbonyl (C=O) groups is 4. The van der Waals surface area contributed by atoms with Gasteiger partial charge in [0.2, 0.25) is 17.7 Å². The monoisotopic (exact) mass is 476 g/mol. The zero-order valence-corrected chi connectivity index (χ0v) is 19.9. The summed E-state index contributed by atoms with van der Waals surface area (Å²) in [5.41, 5.74) is 1.92. The zero-order valence-electron chi connectivity index (χ0n) is 19.9. The molecule has 8 heteroatoms. The van der Waals surface area contributed by atoms with Crippen LogP contribution >= 0.6 is 0 Å². The molecule has 3 amide bonds. The summed E-state index contributed by atoms with van der Waals surface area (Å²) >= 11 is 0. The van der Waals surface area contributed by atoms with Crippen LogP contribution in [0.15, 0.2) is 42.5 Å². The van der Waals surface area contributed by atoms with Crippen molar-refractivity contribution in [3.05, 3.63) is 48.0 Å². The number of carbonyl (C=O) groups excluding carboxylic acids is 4. The van der Waals surface area contributed by atoms with Crippen molar-refractivity contribution in [2.45, 2.75) is 39.0 Å². The first-order valence-electron chi connectivity index (χ1n) is 12.0. The zero-order chi connectivity index (χ0) is 24.7. The average molecular weight is 477 g/mol. The van der Waals surface area contributed by atoms with Gasteiger partial charge in [-0.05, 0) is 67.8 Å². The number of rotatable bonds is 5. The number of amides is 3. The van der Waals surface area contributed by atoms with Gasteiger partial charge in [-0.1, -0.05) is 12.8 Å². The van der Waals surface area contributed by atoms with Crippen molar-refractivity contribution in [1.82, 2.24) is 0 Å². The van der Waals surface area contributed by atoms with E-state index in [-0.39, 0.29) is 42.5 Å². The molecule has 5 rings (SSSR count). The summed E-state index contributed by atoms with van der Waals surface area (Å²) in [6.07, 6.45) is 3.53. The fourth-order valence-corrected chi connectivity index (χ4v) is 5.42. The van der Waals surface area contributed by atoms with Gasteiger partial charge >= 0.3 is 5.97 Å². The third-order valence-electron chi connectivity index (χ3n) is 7.31. The number of hydrogen-bond donors (Lipinski definition) is 0. The summed E-state index contributed by atoms with van der Waals surface area (Å²) in [7, 11) is 1.57. The van der Waals surface area contributed by atoms with Crippen LogP contribution in [0, 0.1) is 24.7 Å². The van der Waals surface area contributed by atoms with E-state index in [0.717, 1.165) is 25.7 Å². The Morgan fingerprint density at radius 3 is 2.14 bits per heavy atom. The van der Waals surface area contributed by atoms with Crippen LogP contribution < -0.4 is 19.3 Å². The summed E-state index contributed by atoms with van der Waals surface area (Å²) in [4.78, 5) is 54.1. The molecule has 8 nitrogen and oxygen atoms in total. The molecule has 0 unspecified atom stereocenters. The topological polar surface area (TPSA) is 93.2 Å². The Hall–Kier alpha value is -3.68. The van der Waals surface area contributed by atoms with Gasteiger partial charge in [-0.2, -0.15) is 0 Å². The smallest absolute Gasteiger partial charge is 0.316 e. The number of ether oxygens (including phenoxy) is 2. The molecule has 182 valence electrons. The molecular weight excluding hydrogens is 448 g/mol. The quantitative estimate of drug-likeness (QED) is 0.372. The molecule has 3 atom stereocenters. The van der Waals surface area contributed by atoms with Gasteiger partial charge in [0.15, 0.2) is 0 Å². The van der Waals surface area contributed by atoms with Crippen molar-refractivity contribution in [2.24, 2.45) is 17.8 Å². The van der Waals surface area contributed by atoms with Gasteiger partial charge in [0, 0.05) is 18.7 Å². The second kappa shape index (κ2) is 9.17. The highest BCUT2D eigenvalue weighted by molar-refractivity contribution is 6.22. The van der Waals surface area contributed by atoms with E-state index in [9.17, 15) is 19.2 Å². The average Bonchev–Trinajstić information content (AvgIpc) is 3.37. The van der Waals surface area contributed by atoms with Crippen LogP contribution in [0.3, 0.4) is 0 Å². The first-order chi connectivity index (χ1) is 16.9. The molecule has 3 aliphatic rings. The van der Waals surface area contributed by atoms with Crippen molar-refractivity contribution in [3.8, 4) is 11.5 Å². The number of fused-ring (bicyclic) bond motifs is 1. The number of esters is 1. The van der Waals surface area contributed by atoms with Gasteiger partial charge in [0.1, 0.15) is 11.5 Å². The molecule has 0 radical (unpaired) electrons. The molecule has 2 aliphatic heterocycles. The Morgan fingerprint density at radius 2 is 1.54 bits per heavy atom. The highest BCUT2D eigenvalue weighted by atomic mass is 16.5. The van der Waals surface area contributed by atoms with Crippen LogP contribution in [-0.2, 0) is 19.2 Å². The van der Waals surface area contributed by atoms with Crippen molar-refractivity contribution < 1.29 is 28.7 Å². The molecule has 0 bridgehead atoms. The van der Waals surface area contributed by atoms with E-state index in [4.69, 9.17) is 9.47 Å². The SMILES string of the molecule is COc1ccc(N2C[C@@H](C(=O)Oc3ccc(N4C(=O)[C@H]5CCCC[C@@H]5C4=O)c(C)c3)CC2=O)cc1. The lowest BCUT2D eigenvalue weighted by Gasteiger charge is -2.19. The van der Waals surface area contributed by atoms with E-state index in [1.165, 1.54) is 4.90 Å². The van der Waals surface area contributed by atoms with E-state index < -0.39 is 11.9 Å². The molecule has 1 aliphatic carbocycles. The molecule has 2 heterocycles. The maximum absolute atomic E-state index is 12.9. The van der Waals surface area contributed by atoms with Crippen LogP contribution in [0.2, 0.25) is 0 Å². The number of aryl methyl sites for hydroxylation is 1. The predicted octanol–water partition coefficient (Wildman–Crippen LogP) is 3.64. The van der Waals surface area contributed by atoms with E-state index >= 15 is 0 Å². The number of hydrogen-bond acceptors (Lipinski definition) is 6. The maximum atomic E-state index is 12.9. The molecule has 2 aromatic rings. The molecule has 0 aromatic heterocycles. The third kappa shape index (κ3) is 4.17. The van der Waals surface area contributed by atoms with Gasteiger partial charge in [0.25, 0.3) is 0 Å². The fraction of sp³-hybridized carbons (Fsp3) is 0.407. The van der Waals surface area contributed by atoms with Gasteiger partial charge in [-0.15, -0.1) is 0 Å². The second-order valence-electron chi connectivity index (χ2n) is 9.48. The normalized spacial score (nSPS) is 24.1. The van der Waals surface area contributed by atoms with Crippen molar-refractivity contribution in [1.29, 1.82) is 0 Å². The highest BCUT2D eigenvalue weighted by Crippen LogP contribution is 2.41. The van der Waals surface area contributed by atoms with Crippen molar-refractivity contribution in [3.63, 3.8) is 0 Å².